The molecule has 0 radical (unpaired) electrons. The fraction of sp³-hybridized carbons (Fsp3) is 0.158. The van der Waals surface area contributed by atoms with Crippen LogP contribution in [0.1, 0.15) is 16.8 Å². The minimum absolute atomic E-state index is 0.759. The van der Waals surface area contributed by atoms with Gasteiger partial charge in [-0.05, 0) is 50.1 Å². The van der Waals surface area contributed by atoms with Gasteiger partial charge < -0.3 is 5.32 Å². The molecule has 0 aliphatic rings. The number of hydrogen-bond donors (Lipinski definition) is 1. The molecular weight excluding hydrogens is 312 g/mol. The van der Waals surface area contributed by atoms with Crippen molar-refractivity contribution in [2.24, 2.45) is 0 Å². The summed E-state index contributed by atoms with van der Waals surface area (Å²) in [6.45, 7) is 6.19. The molecule has 6 nitrogen and oxygen atoms in total. The summed E-state index contributed by atoms with van der Waals surface area (Å²) >= 11 is 0. The van der Waals surface area contributed by atoms with Crippen LogP contribution in [0.4, 0.5) is 11.6 Å². The molecule has 0 aromatic carbocycles. The molecule has 0 bridgehead atoms. The number of anilines is 2. The first-order chi connectivity index (χ1) is 12.2. The van der Waals surface area contributed by atoms with Gasteiger partial charge in [0, 0.05) is 18.1 Å². The minimum Gasteiger partial charge on any atom is -0.324 e. The largest absolute Gasteiger partial charge is 0.324 e. The van der Waals surface area contributed by atoms with Crippen molar-refractivity contribution < 1.29 is 0 Å². The van der Waals surface area contributed by atoms with Crippen LogP contribution in [0.2, 0.25) is 0 Å². The average molecular weight is 330 g/mol. The quantitative estimate of drug-likeness (QED) is 0.617. The predicted octanol–water partition coefficient (Wildman–Crippen LogP) is 3.88. The molecule has 0 spiro atoms. The van der Waals surface area contributed by atoms with E-state index in [2.05, 4.69) is 43.7 Å². The molecule has 4 heterocycles. The van der Waals surface area contributed by atoms with Crippen molar-refractivity contribution in [1.82, 2.24) is 24.5 Å². The maximum atomic E-state index is 4.53. The Morgan fingerprint density at radius 1 is 0.920 bits per heavy atom. The molecule has 4 aromatic heterocycles. The van der Waals surface area contributed by atoms with Crippen molar-refractivity contribution >= 4 is 22.7 Å². The van der Waals surface area contributed by atoms with E-state index in [-0.39, 0.29) is 0 Å². The van der Waals surface area contributed by atoms with E-state index in [4.69, 9.17) is 0 Å². The molecule has 0 unspecified atom stereocenters. The van der Waals surface area contributed by atoms with Crippen LogP contribution >= 0.6 is 0 Å². The number of hydrogen-bond acceptors (Lipinski definition) is 5. The Hall–Kier alpha value is -3.28. The molecule has 0 aliphatic carbocycles. The lowest BCUT2D eigenvalue weighted by Gasteiger charge is -2.09. The van der Waals surface area contributed by atoms with Crippen LogP contribution in [-0.4, -0.2) is 24.5 Å². The van der Waals surface area contributed by atoms with Gasteiger partial charge in [0.25, 0.3) is 0 Å². The summed E-state index contributed by atoms with van der Waals surface area (Å²) in [5, 5.41) is 4.35. The topological polar surface area (TPSA) is 68.5 Å². The van der Waals surface area contributed by atoms with Gasteiger partial charge in [-0.1, -0.05) is 6.07 Å². The molecule has 124 valence electrons. The van der Waals surface area contributed by atoms with Crippen molar-refractivity contribution in [3.8, 4) is 5.69 Å². The second kappa shape index (κ2) is 5.98. The molecule has 25 heavy (non-hydrogen) atoms. The fourth-order valence-corrected chi connectivity index (χ4v) is 3.02. The number of aromatic nitrogens is 5. The van der Waals surface area contributed by atoms with Crippen molar-refractivity contribution in [2.45, 2.75) is 20.8 Å². The van der Waals surface area contributed by atoms with Gasteiger partial charge in [0.05, 0.1) is 17.3 Å². The summed E-state index contributed by atoms with van der Waals surface area (Å²) in [4.78, 5) is 17.6. The first-order valence-corrected chi connectivity index (χ1v) is 8.08. The van der Waals surface area contributed by atoms with Crippen LogP contribution in [0.3, 0.4) is 0 Å². The second-order valence-corrected chi connectivity index (χ2v) is 5.97. The highest BCUT2D eigenvalue weighted by Crippen LogP contribution is 2.32. The van der Waals surface area contributed by atoms with Gasteiger partial charge in [-0.15, -0.1) is 0 Å². The maximum absolute atomic E-state index is 4.53. The zero-order chi connectivity index (χ0) is 17.4. The average Bonchev–Trinajstić information content (AvgIpc) is 2.89. The van der Waals surface area contributed by atoms with Crippen molar-refractivity contribution in [3.63, 3.8) is 0 Å². The number of nitrogens with zero attached hydrogens (tertiary/aromatic N) is 5. The molecule has 0 saturated carbocycles. The van der Waals surface area contributed by atoms with Gasteiger partial charge >= 0.3 is 0 Å². The number of nitrogens with one attached hydrogen (secondary N) is 1. The van der Waals surface area contributed by atoms with Gasteiger partial charge in [-0.2, -0.15) is 0 Å². The Balaban J connectivity index is 1.93. The molecule has 4 aromatic rings. The molecule has 6 heteroatoms. The van der Waals surface area contributed by atoms with Gasteiger partial charge in [0.15, 0.2) is 5.65 Å². The van der Waals surface area contributed by atoms with Crippen LogP contribution in [0.15, 0.2) is 49.2 Å². The van der Waals surface area contributed by atoms with E-state index in [0.717, 1.165) is 45.2 Å². The summed E-state index contributed by atoms with van der Waals surface area (Å²) in [6.07, 6.45) is 6.95. The van der Waals surface area contributed by atoms with Gasteiger partial charge in [0.1, 0.15) is 18.0 Å². The zero-order valence-electron chi connectivity index (χ0n) is 14.4. The van der Waals surface area contributed by atoms with E-state index in [1.165, 1.54) is 0 Å². The number of aryl methyl sites for hydroxylation is 2. The Morgan fingerprint density at radius 2 is 1.76 bits per heavy atom. The van der Waals surface area contributed by atoms with E-state index in [9.17, 15) is 0 Å². The second-order valence-electron chi connectivity index (χ2n) is 5.97. The summed E-state index contributed by atoms with van der Waals surface area (Å²) < 4.78 is 2.11. The standard InChI is InChI=1S/C19H18N6/c1-12-6-4-9-21-17(12)24-18-16-13(2)14(3)25(19(16)23-11-22-18)15-7-5-8-20-10-15/h4-11H,1-3H3,(H,21,22,23,24). The highest BCUT2D eigenvalue weighted by atomic mass is 15.1. The molecule has 0 aliphatic heterocycles. The summed E-state index contributed by atoms with van der Waals surface area (Å²) in [6, 6.07) is 7.89. The first kappa shape index (κ1) is 15.3. The number of rotatable bonds is 3. The predicted molar refractivity (Wildman–Crippen MR) is 98.4 cm³/mol. The summed E-state index contributed by atoms with van der Waals surface area (Å²) in [5.74, 6) is 1.56. The zero-order valence-corrected chi connectivity index (χ0v) is 14.4. The van der Waals surface area contributed by atoms with Crippen LogP contribution < -0.4 is 5.32 Å². The van der Waals surface area contributed by atoms with E-state index < -0.39 is 0 Å². The number of pyridine rings is 2. The minimum atomic E-state index is 0.759. The lowest BCUT2D eigenvalue weighted by atomic mass is 10.2. The number of fused-ring (bicyclic) bond motifs is 1. The lowest BCUT2D eigenvalue weighted by molar-refractivity contribution is 1.00. The van der Waals surface area contributed by atoms with Crippen LogP contribution in [-0.2, 0) is 0 Å². The molecule has 1 N–H and O–H groups in total. The smallest absolute Gasteiger partial charge is 0.150 e. The van der Waals surface area contributed by atoms with Crippen molar-refractivity contribution in [3.05, 3.63) is 66.0 Å². The molecular formula is C19H18N6. The van der Waals surface area contributed by atoms with Crippen molar-refractivity contribution in [2.75, 3.05) is 5.32 Å². The van der Waals surface area contributed by atoms with Crippen molar-refractivity contribution in [1.29, 1.82) is 0 Å². The third-order valence-corrected chi connectivity index (χ3v) is 4.44. The van der Waals surface area contributed by atoms with E-state index in [0.29, 0.717) is 0 Å². The highest BCUT2D eigenvalue weighted by molar-refractivity contribution is 5.94. The fourth-order valence-electron chi connectivity index (χ4n) is 3.02. The third kappa shape index (κ3) is 2.52. The van der Waals surface area contributed by atoms with E-state index in [1.807, 2.05) is 37.4 Å². The molecule has 0 amide bonds. The van der Waals surface area contributed by atoms with Crippen LogP contribution in [0, 0.1) is 20.8 Å². The molecule has 4 rings (SSSR count). The maximum Gasteiger partial charge on any atom is 0.150 e. The molecule has 0 fully saturated rings. The van der Waals surface area contributed by atoms with Gasteiger partial charge in [0.2, 0.25) is 0 Å². The Bertz CT molecular complexity index is 1050. The normalized spacial score (nSPS) is 11.0. The lowest BCUT2D eigenvalue weighted by Crippen LogP contribution is -2.01. The van der Waals surface area contributed by atoms with Gasteiger partial charge in [-0.25, -0.2) is 15.0 Å². The highest BCUT2D eigenvalue weighted by Gasteiger charge is 2.18. The third-order valence-electron chi connectivity index (χ3n) is 4.44. The monoisotopic (exact) mass is 330 g/mol. The Morgan fingerprint density at radius 3 is 2.52 bits per heavy atom. The van der Waals surface area contributed by atoms with E-state index in [1.54, 1.807) is 18.7 Å². The summed E-state index contributed by atoms with van der Waals surface area (Å²) in [7, 11) is 0. The summed E-state index contributed by atoms with van der Waals surface area (Å²) in [5.41, 5.74) is 5.15. The van der Waals surface area contributed by atoms with Crippen LogP contribution in [0.5, 0.6) is 0 Å². The SMILES string of the molecule is Cc1cccnc1Nc1ncnc2c1c(C)c(C)n2-c1cccnc1. The van der Waals surface area contributed by atoms with Crippen LogP contribution in [0.25, 0.3) is 16.7 Å². The first-order valence-electron chi connectivity index (χ1n) is 8.08. The molecule has 0 saturated heterocycles. The Labute approximate surface area is 145 Å². The van der Waals surface area contributed by atoms with E-state index >= 15 is 0 Å². The Kier molecular flexibility index (Phi) is 3.65. The van der Waals surface area contributed by atoms with Gasteiger partial charge in [-0.3, -0.25) is 9.55 Å². The molecule has 0 atom stereocenters.